The third kappa shape index (κ3) is 8.61. The topological polar surface area (TPSA) is 91.5 Å². The number of carbonyl (C=O) groups is 2. The van der Waals surface area contributed by atoms with Crippen LogP contribution in [0.15, 0.2) is 54.6 Å². The average Bonchev–Trinajstić information content (AvgIpc) is 2.75. The van der Waals surface area contributed by atoms with Gasteiger partial charge >= 0.3 is 0 Å². The Hall–Kier alpha value is -3.13. The van der Waals surface area contributed by atoms with Crippen molar-refractivity contribution in [3.63, 3.8) is 0 Å². The molecule has 0 radical (unpaired) electrons. The van der Waals surface area contributed by atoms with E-state index in [0.29, 0.717) is 22.2 Å². The van der Waals surface area contributed by atoms with Crippen molar-refractivity contribution in [2.45, 2.75) is 26.2 Å². The zero-order valence-electron chi connectivity index (χ0n) is 16.4. The lowest BCUT2D eigenvalue weighted by Crippen LogP contribution is -2.49. The number of ether oxygens (including phenoxy) is 1. The fourth-order valence-electron chi connectivity index (χ4n) is 2.35. The van der Waals surface area contributed by atoms with Crippen molar-refractivity contribution in [1.29, 1.82) is 0 Å². The molecule has 0 saturated heterocycles. The van der Waals surface area contributed by atoms with E-state index in [9.17, 15) is 9.59 Å². The van der Waals surface area contributed by atoms with E-state index < -0.39 is 5.91 Å². The van der Waals surface area contributed by atoms with E-state index in [1.165, 1.54) is 0 Å². The molecule has 0 atom stereocenters. The zero-order valence-corrected chi connectivity index (χ0v) is 17.2. The number of rotatable bonds is 9. The van der Waals surface area contributed by atoms with Crippen molar-refractivity contribution >= 4 is 29.1 Å². The highest BCUT2D eigenvalue weighted by Gasteiger charge is 2.09. The smallest absolute Gasteiger partial charge is 0.257 e. The molecule has 7 nitrogen and oxygen atoms in total. The van der Waals surface area contributed by atoms with E-state index in [2.05, 4.69) is 28.4 Å². The molecule has 0 fully saturated rings. The molecule has 8 heteroatoms. The molecular formula is C21H26N4O3S. The Labute approximate surface area is 176 Å². The second-order valence-corrected chi connectivity index (χ2v) is 6.67. The lowest BCUT2D eigenvalue weighted by molar-refractivity contribution is -0.120. The molecule has 0 aliphatic rings. The zero-order chi connectivity index (χ0) is 20.9. The Morgan fingerprint density at radius 2 is 1.59 bits per heavy atom. The van der Waals surface area contributed by atoms with Crippen LogP contribution in [0.5, 0.6) is 11.5 Å². The molecule has 2 amide bonds. The van der Waals surface area contributed by atoms with Gasteiger partial charge in [-0.05, 0) is 55.0 Å². The van der Waals surface area contributed by atoms with Crippen LogP contribution in [0.1, 0.15) is 36.5 Å². The Balaban J connectivity index is 1.69. The molecule has 0 spiro atoms. The monoisotopic (exact) mass is 414 g/mol. The van der Waals surface area contributed by atoms with E-state index in [0.717, 1.165) is 25.8 Å². The molecule has 0 saturated carbocycles. The van der Waals surface area contributed by atoms with Gasteiger partial charge in [0.2, 0.25) is 0 Å². The Morgan fingerprint density at radius 1 is 0.897 bits per heavy atom. The molecule has 0 aliphatic carbocycles. The summed E-state index contributed by atoms with van der Waals surface area (Å²) in [6.45, 7) is 2.70. The first kappa shape index (κ1) is 22.2. The van der Waals surface area contributed by atoms with Gasteiger partial charge in [0.25, 0.3) is 11.8 Å². The second kappa shape index (κ2) is 12.4. The first-order valence-electron chi connectivity index (χ1n) is 9.52. The van der Waals surface area contributed by atoms with Crippen molar-refractivity contribution in [1.82, 2.24) is 21.5 Å². The lowest BCUT2D eigenvalue weighted by Gasteiger charge is -2.12. The van der Waals surface area contributed by atoms with Crippen LogP contribution >= 0.6 is 12.2 Å². The molecule has 0 unspecified atom stereocenters. The van der Waals surface area contributed by atoms with Gasteiger partial charge in [-0.25, -0.2) is 0 Å². The maximum absolute atomic E-state index is 12.2. The minimum atomic E-state index is -0.403. The van der Waals surface area contributed by atoms with Gasteiger partial charge in [-0.3, -0.25) is 20.4 Å². The van der Waals surface area contributed by atoms with Gasteiger partial charge in [0.1, 0.15) is 11.5 Å². The predicted octanol–water partition coefficient (Wildman–Crippen LogP) is 2.89. The Bertz CT molecular complexity index is 797. The number of hydrazine groups is 1. The molecule has 0 aromatic heterocycles. The molecule has 4 N–H and O–H groups in total. The van der Waals surface area contributed by atoms with E-state index in [1.807, 2.05) is 30.3 Å². The second-order valence-electron chi connectivity index (χ2n) is 6.26. The maximum atomic E-state index is 12.2. The molecule has 0 bridgehead atoms. The number of carbonyl (C=O) groups excluding carboxylic acids is 2. The van der Waals surface area contributed by atoms with Gasteiger partial charge in [-0.15, -0.1) is 0 Å². The number of nitrogens with one attached hydrogen (secondary N) is 4. The van der Waals surface area contributed by atoms with Gasteiger partial charge in [0.05, 0.1) is 6.54 Å². The summed E-state index contributed by atoms with van der Waals surface area (Å²) >= 11 is 5.06. The highest BCUT2D eigenvalue weighted by atomic mass is 32.1. The van der Waals surface area contributed by atoms with Gasteiger partial charge in [-0.2, -0.15) is 0 Å². The van der Waals surface area contributed by atoms with Crippen LogP contribution in [0.4, 0.5) is 0 Å². The van der Waals surface area contributed by atoms with Gasteiger partial charge in [0.15, 0.2) is 5.11 Å². The number of hydrogen-bond donors (Lipinski definition) is 4. The fourth-order valence-corrected chi connectivity index (χ4v) is 2.51. The van der Waals surface area contributed by atoms with Crippen LogP contribution in [0.3, 0.4) is 0 Å². The number of thiocarbonyl (C=S) groups is 1. The number of benzene rings is 2. The molecule has 2 aromatic rings. The summed E-state index contributed by atoms with van der Waals surface area (Å²) in [5.41, 5.74) is 5.48. The minimum Gasteiger partial charge on any atom is -0.457 e. The largest absolute Gasteiger partial charge is 0.457 e. The molecular weight excluding hydrogens is 388 g/mol. The highest BCUT2D eigenvalue weighted by molar-refractivity contribution is 7.80. The molecule has 0 aliphatic heterocycles. The summed E-state index contributed by atoms with van der Waals surface area (Å²) in [7, 11) is 0. The normalized spacial score (nSPS) is 9.97. The Kier molecular flexibility index (Phi) is 9.44. The van der Waals surface area contributed by atoms with Crippen LogP contribution in [0.25, 0.3) is 0 Å². The molecule has 154 valence electrons. The van der Waals surface area contributed by atoms with Crippen LogP contribution in [0.2, 0.25) is 0 Å². The summed E-state index contributed by atoms with van der Waals surface area (Å²) in [6, 6.07) is 16.0. The summed E-state index contributed by atoms with van der Waals surface area (Å²) in [6.07, 6.45) is 3.26. The Morgan fingerprint density at radius 3 is 2.28 bits per heavy atom. The van der Waals surface area contributed by atoms with Crippen LogP contribution in [0, 0.1) is 0 Å². The third-order valence-electron chi connectivity index (χ3n) is 3.89. The summed E-state index contributed by atoms with van der Waals surface area (Å²) in [4.78, 5) is 24.0. The summed E-state index contributed by atoms with van der Waals surface area (Å²) in [5.74, 6) is 0.577. The van der Waals surface area contributed by atoms with Crippen molar-refractivity contribution in [2.24, 2.45) is 0 Å². The molecule has 2 rings (SSSR count). The lowest BCUT2D eigenvalue weighted by atomic mass is 10.2. The van der Waals surface area contributed by atoms with E-state index >= 15 is 0 Å². The number of para-hydroxylation sites is 1. The molecule has 29 heavy (non-hydrogen) atoms. The highest BCUT2D eigenvalue weighted by Crippen LogP contribution is 2.21. The van der Waals surface area contributed by atoms with Crippen LogP contribution in [-0.4, -0.2) is 30.0 Å². The standard InChI is InChI=1S/C21H26N4O3S/c1-2-3-7-14-22-21(29)25-24-19(26)15-23-20(27)16-10-12-18(13-11-16)28-17-8-5-4-6-9-17/h4-6,8-13H,2-3,7,14-15H2,1H3,(H,23,27)(H,24,26)(H2,22,25,29). The van der Waals surface area contributed by atoms with Gasteiger partial charge < -0.3 is 15.4 Å². The maximum Gasteiger partial charge on any atom is 0.257 e. The average molecular weight is 415 g/mol. The van der Waals surface area contributed by atoms with E-state index in [1.54, 1.807) is 24.3 Å². The molecule has 0 heterocycles. The van der Waals surface area contributed by atoms with Gasteiger partial charge in [0, 0.05) is 12.1 Å². The summed E-state index contributed by atoms with van der Waals surface area (Å²) in [5, 5.41) is 5.89. The first-order chi connectivity index (χ1) is 14.1. The third-order valence-corrected chi connectivity index (χ3v) is 4.13. The van der Waals surface area contributed by atoms with Gasteiger partial charge in [-0.1, -0.05) is 38.0 Å². The quantitative estimate of drug-likeness (QED) is 0.287. The summed E-state index contributed by atoms with van der Waals surface area (Å²) < 4.78 is 5.68. The fraction of sp³-hybridized carbons (Fsp3) is 0.286. The van der Waals surface area contributed by atoms with Crippen molar-refractivity contribution in [3.05, 3.63) is 60.2 Å². The van der Waals surface area contributed by atoms with Crippen molar-refractivity contribution in [3.8, 4) is 11.5 Å². The number of unbranched alkanes of at least 4 members (excludes halogenated alkanes) is 2. The van der Waals surface area contributed by atoms with Crippen molar-refractivity contribution < 1.29 is 14.3 Å². The van der Waals surface area contributed by atoms with Crippen LogP contribution < -0.4 is 26.2 Å². The SMILES string of the molecule is CCCCCNC(=S)NNC(=O)CNC(=O)c1ccc(Oc2ccccc2)cc1. The number of amides is 2. The van der Waals surface area contributed by atoms with E-state index in [4.69, 9.17) is 17.0 Å². The van der Waals surface area contributed by atoms with E-state index in [-0.39, 0.29) is 12.5 Å². The van der Waals surface area contributed by atoms with Crippen LogP contribution in [-0.2, 0) is 4.79 Å². The first-order valence-corrected chi connectivity index (χ1v) is 9.93. The minimum absolute atomic E-state index is 0.174. The predicted molar refractivity (Wildman–Crippen MR) is 117 cm³/mol. The molecule has 2 aromatic carbocycles. The van der Waals surface area contributed by atoms with Crippen molar-refractivity contribution in [2.75, 3.05) is 13.1 Å². The number of hydrogen-bond acceptors (Lipinski definition) is 4.